The van der Waals surface area contributed by atoms with Crippen molar-refractivity contribution in [1.29, 1.82) is 0 Å². The minimum Gasteiger partial charge on any atom is -0.481 e. The average Bonchev–Trinajstić information content (AvgIpc) is 3.03. The minimum atomic E-state index is -0.241. The Morgan fingerprint density at radius 3 is 2.68 bits per heavy atom. The van der Waals surface area contributed by atoms with Crippen LogP contribution in [-0.2, 0) is 6.54 Å². The number of hydrogen-bond acceptors (Lipinski definition) is 5. The van der Waals surface area contributed by atoms with Gasteiger partial charge in [-0.2, -0.15) is 0 Å². The summed E-state index contributed by atoms with van der Waals surface area (Å²) in [5.41, 5.74) is 2.75. The van der Waals surface area contributed by atoms with Crippen LogP contribution in [0.25, 0.3) is 10.6 Å². The van der Waals surface area contributed by atoms with Gasteiger partial charge in [-0.05, 0) is 30.3 Å². The Kier molecular flexibility index (Phi) is 4.29. The molecule has 4 nitrogen and oxygen atoms in total. The molecule has 0 bridgehead atoms. The lowest BCUT2D eigenvalue weighted by Crippen LogP contribution is -2.00. The summed E-state index contributed by atoms with van der Waals surface area (Å²) in [4.78, 5) is 8.68. The van der Waals surface area contributed by atoms with Gasteiger partial charge in [0.05, 0.1) is 31.2 Å². The van der Waals surface area contributed by atoms with Crippen LogP contribution in [0.2, 0.25) is 0 Å². The maximum absolute atomic E-state index is 12.9. The number of pyridine rings is 1. The number of nitrogens with zero attached hydrogens (tertiary/aromatic N) is 2. The number of methoxy groups -OCH3 is 1. The topological polar surface area (TPSA) is 47.0 Å². The molecule has 3 aromatic rings. The largest absolute Gasteiger partial charge is 0.481 e. The first-order chi connectivity index (χ1) is 10.7. The molecule has 0 saturated heterocycles. The van der Waals surface area contributed by atoms with E-state index in [-0.39, 0.29) is 5.82 Å². The fourth-order valence-corrected chi connectivity index (χ4v) is 2.74. The molecular formula is C16H14FN3OS. The molecule has 3 rings (SSSR count). The molecule has 22 heavy (non-hydrogen) atoms. The lowest BCUT2D eigenvalue weighted by molar-refractivity contribution is 0.398. The van der Waals surface area contributed by atoms with Crippen LogP contribution >= 0.6 is 11.3 Å². The van der Waals surface area contributed by atoms with Gasteiger partial charge in [-0.1, -0.05) is 0 Å². The van der Waals surface area contributed by atoms with Crippen molar-refractivity contribution in [1.82, 2.24) is 9.97 Å². The smallest absolute Gasteiger partial charge is 0.213 e. The van der Waals surface area contributed by atoms with Crippen LogP contribution in [0.1, 0.15) is 5.69 Å². The minimum absolute atomic E-state index is 0.241. The van der Waals surface area contributed by atoms with E-state index < -0.39 is 0 Å². The Balaban J connectivity index is 1.65. The van der Waals surface area contributed by atoms with Crippen LogP contribution in [0.5, 0.6) is 5.88 Å². The second-order valence-corrected chi connectivity index (χ2v) is 5.45. The molecule has 2 heterocycles. The van der Waals surface area contributed by atoms with Crippen LogP contribution in [0.3, 0.4) is 0 Å². The zero-order valence-corrected chi connectivity index (χ0v) is 12.7. The van der Waals surface area contributed by atoms with E-state index in [0.717, 1.165) is 22.0 Å². The number of halogens is 1. The molecule has 0 fully saturated rings. The van der Waals surface area contributed by atoms with Crippen LogP contribution in [0.15, 0.2) is 48.0 Å². The van der Waals surface area contributed by atoms with Crippen molar-refractivity contribution in [2.24, 2.45) is 0 Å². The Labute approximate surface area is 131 Å². The molecule has 0 aliphatic rings. The predicted octanol–water partition coefficient (Wildman–Crippen LogP) is 3.96. The number of rotatable bonds is 5. The van der Waals surface area contributed by atoms with E-state index in [0.29, 0.717) is 12.4 Å². The first kappa shape index (κ1) is 14.5. The summed E-state index contributed by atoms with van der Waals surface area (Å²) in [5, 5.41) is 6.12. The first-order valence-corrected chi connectivity index (χ1v) is 7.57. The van der Waals surface area contributed by atoms with Crippen molar-refractivity contribution in [3.8, 4) is 16.5 Å². The third-order valence-electron chi connectivity index (χ3n) is 3.06. The van der Waals surface area contributed by atoms with Gasteiger partial charge in [0, 0.05) is 17.0 Å². The summed E-state index contributed by atoms with van der Waals surface area (Å²) in [6, 6.07) is 10.1. The zero-order chi connectivity index (χ0) is 15.4. The molecule has 0 aliphatic heterocycles. The number of thiazole rings is 1. The SMILES string of the molecule is COc1ccc(NCc2csc(-c3ccc(F)cc3)n2)cn1. The first-order valence-electron chi connectivity index (χ1n) is 6.69. The molecule has 6 heteroatoms. The highest BCUT2D eigenvalue weighted by Gasteiger charge is 2.05. The van der Waals surface area contributed by atoms with E-state index in [4.69, 9.17) is 4.74 Å². The normalized spacial score (nSPS) is 10.5. The van der Waals surface area contributed by atoms with Crippen LogP contribution in [0, 0.1) is 5.82 Å². The van der Waals surface area contributed by atoms with E-state index in [1.54, 1.807) is 42.8 Å². The number of nitrogens with one attached hydrogen (secondary N) is 1. The van der Waals surface area contributed by atoms with Crippen LogP contribution in [-0.4, -0.2) is 17.1 Å². The fraction of sp³-hybridized carbons (Fsp3) is 0.125. The molecule has 0 saturated carbocycles. The van der Waals surface area contributed by atoms with Crippen LogP contribution < -0.4 is 10.1 Å². The van der Waals surface area contributed by atoms with Crippen molar-refractivity contribution < 1.29 is 9.13 Å². The second kappa shape index (κ2) is 6.53. The Morgan fingerprint density at radius 1 is 1.18 bits per heavy atom. The van der Waals surface area contributed by atoms with Crippen molar-refractivity contribution in [3.63, 3.8) is 0 Å². The number of ether oxygens (including phenoxy) is 1. The Hall–Kier alpha value is -2.47. The molecule has 0 atom stereocenters. The van der Waals surface area contributed by atoms with E-state index in [9.17, 15) is 4.39 Å². The summed E-state index contributed by atoms with van der Waals surface area (Å²) in [6.07, 6.45) is 1.71. The molecule has 0 aliphatic carbocycles. The lowest BCUT2D eigenvalue weighted by atomic mass is 10.2. The quantitative estimate of drug-likeness (QED) is 0.774. The van der Waals surface area contributed by atoms with E-state index >= 15 is 0 Å². The lowest BCUT2D eigenvalue weighted by Gasteiger charge is -2.04. The fourth-order valence-electron chi connectivity index (χ4n) is 1.91. The van der Waals surface area contributed by atoms with Crippen molar-refractivity contribution in [2.45, 2.75) is 6.54 Å². The summed E-state index contributed by atoms with van der Waals surface area (Å²) >= 11 is 1.54. The van der Waals surface area contributed by atoms with Gasteiger partial charge in [0.1, 0.15) is 10.8 Å². The zero-order valence-electron chi connectivity index (χ0n) is 11.9. The highest BCUT2D eigenvalue weighted by Crippen LogP contribution is 2.24. The monoisotopic (exact) mass is 315 g/mol. The van der Waals surface area contributed by atoms with E-state index in [1.165, 1.54) is 12.1 Å². The van der Waals surface area contributed by atoms with Gasteiger partial charge in [0.25, 0.3) is 0 Å². The molecule has 1 aromatic carbocycles. The molecular weight excluding hydrogens is 301 g/mol. The Morgan fingerprint density at radius 2 is 2.00 bits per heavy atom. The standard InChI is InChI=1S/C16H14FN3OS/c1-21-15-7-6-13(8-19-15)18-9-14-10-22-16(20-14)11-2-4-12(17)5-3-11/h2-8,10,18H,9H2,1H3. The highest BCUT2D eigenvalue weighted by atomic mass is 32.1. The number of benzene rings is 1. The van der Waals surface area contributed by atoms with Gasteiger partial charge >= 0.3 is 0 Å². The summed E-state index contributed by atoms with van der Waals surface area (Å²) in [6.45, 7) is 0.603. The third-order valence-corrected chi connectivity index (χ3v) is 4.00. The summed E-state index contributed by atoms with van der Waals surface area (Å²) in [7, 11) is 1.59. The third kappa shape index (κ3) is 3.40. The summed E-state index contributed by atoms with van der Waals surface area (Å²) in [5.74, 6) is 0.340. The maximum atomic E-state index is 12.9. The van der Waals surface area contributed by atoms with Crippen molar-refractivity contribution in [3.05, 3.63) is 59.5 Å². The molecule has 0 radical (unpaired) electrons. The maximum Gasteiger partial charge on any atom is 0.213 e. The number of hydrogen-bond donors (Lipinski definition) is 1. The predicted molar refractivity (Wildman–Crippen MR) is 85.6 cm³/mol. The van der Waals surface area contributed by atoms with Gasteiger partial charge in [0.15, 0.2) is 0 Å². The van der Waals surface area contributed by atoms with E-state index in [1.807, 2.05) is 11.4 Å². The molecule has 112 valence electrons. The van der Waals surface area contributed by atoms with Gasteiger partial charge in [-0.25, -0.2) is 14.4 Å². The summed E-state index contributed by atoms with van der Waals surface area (Å²) < 4.78 is 17.9. The molecule has 0 spiro atoms. The van der Waals surface area contributed by atoms with Crippen molar-refractivity contribution >= 4 is 17.0 Å². The molecule has 1 N–H and O–H groups in total. The number of anilines is 1. The van der Waals surface area contributed by atoms with Gasteiger partial charge in [0.2, 0.25) is 5.88 Å². The van der Waals surface area contributed by atoms with Gasteiger partial charge < -0.3 is 10.1 Å². The average molecular weight is 315 g/mol. The second-order valence-electron chi connectivity index (χ2n) is 4.59. The molecule has 0 unspecified atom stereocenters. The highest BCUT2D eigenvalue weighted by molar-refractivity contribution is 7.13. The van der Waals surface area contributed by atoms with E-state index in [2.05, 4.69) is 15.3 Å². The van der Waals surface area contributed by atoms with Crippen LogP contribution in [0.4, 0.5) is 10.1 Å². The Bertz CT molecular complexity index is 741. The molecule has 2 aromatic heterocycles. The van der Waals surface area contributed by atoms with Gasteiger partial charge in [-0.15, -0.1) is 11.3 Å². The van der Waals surface area contributed by atoms with Crippen molar-refractivity contribution in [2.75, 3.05) is 12.4 Å². The van der Waals surface area contributed by atoms with Gasteiger partial charge in [-0.3, -0.25) is 0 Å². The molecule has 0 amide bonds. The number of aromatic nitrogens is 2.